The third kappa shape index (κ3) is 4.14. The lowest BCUT2D eigenvalue weighted by Gasteiger charge is -2.22. The van der Waals surface area contributed by atoms with Crippen LogP contribution in [0.1, 0.15) is 46.8 Å². The number of nitrogens with one attached hydrogen (secondary N) is 2. The van der Waals surface area contributed by atoms with E-state index in [0.29, 0.717) is 23.4 Å². The van der Waals surface area contributed by atoms with Gasteiger partial charge in [-0.3, -0.25) is 10.1 Å². The Morgan fingerprint density at radius 2 is 2.12 bits per heavy atom. The summed E-state index contributed by atoms with van der Waals surface area (Å²) in [5.74, 6) is 1.43. The van der Waals surface area contributed by atoms with Crippen molar-refractivity contribution in [3.63, 3.8) is 0 Å². The first-order valence-electron chi connectivity index (χ1n) is 9.35. The number of ether oxygens (including phenoxy) is 1. The third-order valence-corrected chi connectivity index (χ3v) is 5.24. The van der Waals surface area contributed by atoms with Crippen LogP contribution in [-0.4, -0.2) is 36.9 Å². The van der Waals surface area contributed by atoms with Crippen LogP contribution in [0.4, 0.5) is 5.88 Å². The zero-order valence-corrected chi connectivity index (χ0v) is 15.0. The van der Waals surface area contributed by atoms with Gasteiger partial charge in [0.05, 0.1) is 5.69 Å². The molecule has 0 radical (unpaired) electrons. The lowest BCUT2D eigenvalue weighted by atomic mass is 10.0. The van der Waals surface area contributed by atoms with E-state index in [4.69, 9.17) is 9.26 Å². The second kappa shape index (κ2) is 7.60. The van der Waals surface area contributed by atoms with Crippen LogP contribution >= 0.6 is 0 Å². The zero-order chi connectivity index (χ0) is 17.9. The van der Waals surface area contributed by atoms with Crippen molar-refractivity contribution in [2.45, 2.75) is 38.1 Å². The second-order valence-electron chi connectivity index (χ2n) is 7.32. The molecule has 1 aromatic heterocycles. The molecule has 1 saturated heterocycles. The monoisotopic (exact) mass is 355 g/mol. The van der Waals surface area contributed by atoms with Crippen LogP contribution in [0.25, 0.3) is 0 Å². The molecule has 2 fully saturated rings. The van der Waals surface area contributed by atoms with E-state index in [1.807, 2.05) is 25.1 Å². The Bertz CT molecular complexity index is 767. The fraction of sp³-hybridized carbons (Fsp3) is 0.500. The number of carbonyl (C=O) groups excluding carboxylic acids is 1. The van der Waals surface area contributed by atoms with Gasteiger partial charge in [-0.15, -0.1) is 0 Å². The average molecular weight is 355 g/mol. The summed E-state index contributed by atoms with van der Waals surface area (Å²) in [6.45, 7) is 4.67. The molecule has 2 N–H and O–H groups in total. The summed E-state index contributed by atoms with van der Waals surface area (Å²) in [5.41, 5.74) is 2.60. The molecule has 6 heteroatoms. The van der Waals surface area contributed by atoms with Crippen LogP contribution in [0.3, 0.4) is 0 Å². The zero-order valence-electron chi connectivity index (χ0n) is 15.0. The number of carbonyl (C=O) groups is 1. The third-order valence-electron chi connectivity index (χ3n) is 5.24. The van der Waals surface area contributed by atoms with Crippen molar-refractivity contribution >= 4 is 11.8 Å². The van der Waals surface area contributed by atoms with Crippen molar-refractivity contribution < 1.29 is 14.1 Å². The predicted molar refractivity (Wildman–Crippen MR) is 98.3 cm³/mol. The van der Waals surface area contributed by atoms with Gasteiger partial charge >= 0.3 is 0 Å². The maximum atomic E-state index is 12.4. The highest BCUT2D eigenvalue weighted by Crippen LogP contribution is 2.41. The number of hydrogen-bond donors (Lipinski definition) is 2. The fourth-order valence-electron chi connectivity index (χ4n) is 3.57. The van der Waals surface area contributed by atoms with Crippen molar-refractivity contribution in [3.05, 3.63) is 47.2 Å². The van der Waals surface area contributed by atoms with E-state index in [9.17, 15) is 4.79 Å². The Kier molecular flexibility index (Phi) is 5.04. The molecule has 1 amide bonds. The van der Waals surface area contributed by atoms with E-state index in [2.05, 4.69) is 21.9 Å². The molecule has 2 heterocycles. The van der Waals surface area contributed by atoms with Gasteiger partial charge in [-0.05, 0) is 56.3 Å². The Hall–Kier alpha value is -2.18. The van der Waals surface area contributed by atoms with E-state index in [1.165, 1.54) is 5.56 Å². The predicted octanol–water partition coefficient (Wildman–Crippen LogP) is 3.11. The molecule has 0 unspecified atom stereocenters. The summed E-state index contributed by atoms with van der Waals surface area (Å²) < 4.78 is 10.5. The van der Waals surface area contributed by atoms with Gasteiger partial charge in [0.2, 0.25) is 5.88 Å². The minimum Gasteiger partial charge on any atom is -0.381 e. The molecule has 1 aromatic carbocycles. The van der Waals surface area contributed by atoms with Crippen LogP contribution < -0.4 is 10.6 Å². The largest absolute Gasteiger partial charge is 0.381 e. The van der Waals surface area contributed by atoms with Crippen molar-refractivity contribution in [1.29, 1.82) is 0 Å². The van der Waals surface area contributed by atoms with Crippen molar-refractivity contribution in [1.82, 2.24) is 10.5 Å². The number of hydrogen-bond acceptors (Lipinski definition) is 5. The molecule has 138 valence electrons. The molecule has 2 atom stereocenters. The lowest BCUT2D eigenvalue weighted by molar-refractivity contribution is 0.0662. The van der Waals surface area contributed by atoms with Crippen LogP contribution in [0, 0.1) is 12.8 Å². The van der Waals surface area contributed by atoms with Gasteiger partial charge in [0.1, 0.15) is 0 Å². The quantitative estimate of drug-likeness (QED) is 0.833. The molecule has 1 aliphatic carbocycles. The first-order valence-corrected chi connectivity index (χ1v) is 9.35. The molecule has 4 rings (SSSR count). The first-order chi connectivity index (χ1) is 12.7. The van der Waals surface area contributed by atoms with Crippen LogP contribution in [0.2, 0.25) is 0 Å². The minimum atomic E-state index is -0.171. The number of anilines is 1. The Labute approximate surface area is 153 Å². The van der Waals surface area contributed by atoms with E-state index in [1.54, 1.807) is 6.07 Å². The number of aromatic nitrogens is 1. The number of aryl methyl sites for hydroxylation is 1. The normalized spacial score (nSPS) is 23.0. The fourth-order valence-corrected chi connectivity index (χ4v) is 3.57. The van der Waals surface area contributed by atoms with Crippen molar-refractivity contribution in [2.24, 2.45) is 5.92 Å². The van der Waals surface area contributed by atoms with Crippen LogP contribution in [0.15, 0.2) is 34.9 Å². The van der Waals surface area contributed by atoms with Gasteiger partial charge in [0, 0.05) is 36.8 Å². The van der Waals surface area contributed by atoms with Crippen LogP contribution in [0.5, 0.6) is 0 Å². The van der Waals surface area contributed by atoms with E-state index in [-0.39, 0.29) is 5.91 Å². The van der Waals surface area contributed by atoms with E-state index in [0.717, 1.165) is 50.6 Å². The maximum Gasteiger partial charge on any atom is 0.258 e. The average Bonchev–Trinajstić information content (AvgIpc) is 3.34. The second-order valence-corrected chi connectivity index (χ2v) is 7.32. The van der Waals surface area contributed by atoms with E-state index < -0.39 is 0 Å². The molecule has 0 bridgehead atoms. The van der Waals surface area contributed by atoms with Crippen molar-refractivity contribution in [2.75, 3.05) is 25.1 Å². The highest BCUT2D eigenvalue weighted by Gasteiger charge is 2.38. The number of amides is 1. The van der Waals surface area contributed by atoms with Crippen LogP contribution in [-0.2, 0) is 4.74 Å². The standard InChI is InChI=1S/C20H25N3O3/c1-13-9-19(26-23-13)22-20(24)16-4-2-3-15(10-16)17-11-18(17)21-12-14-5-7-25-8-6-14/h2-4,9-10,14,17-18,21H,5-8,11-12H2,1H3,(H,22,24)/t17-,18+/m0/s1. The lowest BCUT2D eigenvalue weighted by Crippen LogP contribution is -2.29. The highest BCUT2D eigenvalue weighted by molar-refractivity contribution is 6.03. The van der Waals surface area contributed by atoms with Gasteiger partial charge in [0.25, 0.3) is 5.91 Å². The smallest absolute Gasteiger partial charge is 0.258 e. The van der Waals surface area contributed by atoms with Gasteiger partial charge in [-0.2, -0.15) is 0 Å². The van der Waals surface area contributed by atoms with Gasteiger partial charge < -0.3 is 14.6 Å². The molecule has 0 spiro atoms. The summed E-state index contributed by atoms with van der Waals surface area (Å²) in [4.78, 5) is 12.4. The number of rotatable bonds is 6. The summed E-state index contributed by atoms with van der Waals surface area (Å²) in [6.07, 6.45) is 3.44. The summed E-state index contributed by atoms with van der Waals surface area (Å²) in [6, 6.07) is 10.1. The molecule has 6 nitrogen and oxygen atoms in total. The van der Waals surface area contributed by atoms with Crippen molar-refractivity contribution in [3.8, 4) is 0 Å². The minimum absolute atomic E-state index is 0.171. The molecule has 2 aromatic rings. The molecule has 1 saturated carbocycles. The molecular formula is C20H25N3O3. The molecule has 26 heavy (non-hydrogen) atoms. The Morgan fingerprint density at radius 1 is 1.27 bits per heavy atom. The molecular weight excluding hydrogens is 330 g/mol. The van der Waals surface area contributed by atoms with Gasteiger partial charge in [0.15, 0.2) is 0 Å². The topological polar surface area (TPSA) is 76.4 Å². The first kappa shape index (κ1) is 17.2. The molecule has 1 aliphatic heterocycles. The van der Waals surface area contributed by atoms with Gasteiger partial charge in [-0.25, -0.2) is 0 Å². The number of nitrogens with zero attached hydrogens (tertiary/aromatic N) is 1. The van der Waals surface area contributed by atoms with E-state index >= 15 is 0 Å². The SMILES string of the molecule is Cc1cc(NC(=O)c2cccc([C@@H]3C[C@H]3NCC3CCOCC3)c2)on1. The number of benzene rings is 1. The summed E-state index contributed by atoms with van der Waals surface area (Å²) >= 11 is 0. The maximum absolute atomic E-state index is 12.4. The molecule has 2 aliphatic rings. The highest BCUT2D eigenvalue weighted by atomic mass is 16.5. The Morgan fingerprint density at radius 3 is 2.88 bits per heavy atom. The summed E-state index contributed by atoms with van der Waals surface area (Å²) in [7, 11) is 0. The van der Waals surface area contributed by atoms with Gasteiger partial charge in [-0.1, -0.05) is 17.3 Å². The summed E-state index contributed by atoms with van der Waals surface area (Å²) in [5, 5.41) is 10.2. The Balaban J connectivity index is 1.32.